The smallest absolute Gasteiger partial charge is 0.379 e. The molecule has 2 aliphatic heterocycles. The average molecular weight is 520 g/mol. The van der Waals surface area contributed by atoms with Crippen LogP contribution in [0.2, 0.25) is 0 Å². The summed E-state index contributed by atoms with van der Waals surface area (Å²) in [6, 6.07) is 5.29. The van der Waals surface area contributed by atoms with Gasteiger partial charge in [-0.1, -0.05) is 0 Å². The number of hydrogen-bond acceptors (Lipinski definition) is 8. The highest BCUT2D eigenvalue weighted by Gasteiger charge is 2.40. The van der Waals surface area contributed by atoms with Crippen LogP contribution >= 0.6 is 0 Å². The minimum atomic E-state index is -4.80. The molecule has 0 aromatic carbocycles. The van der Waals surface area contributed by atoms with Gasteiger partial charge in [-0.3, -0.25) is 9.59 Å². The SMILES string of the molecule is N#Cc1ccc(N2CCC(NC(=O)CCOC[C@@H]3CCCN3c3cn[nH]c(=O)c3C(F)(F)F)CC2)nc1. The van der Waals surface area contributed by atoms with Gasteiger partial charge in [-0.05, 0) is 37.8 Å². The van der Waals surface area contributed by atoms with Crippen LogP contribution in [-0.4, -0.2) is 66.0 Å². The molecule has 198 valence electrons. The summed E-state index contributed by atoms with van der Waals surface area (Å²) in [6.45, 7) is 2.11. The average Bonchev–Trinajstić information content (AvgIpc) is 3.35. The minimum Gasteiger partial charge on any atom is -0.379 e. The molecule has 10 nitrogen and oxygen atoms in total. The van der Waals surface area contributed by atoms with E-state index >= 15 is 0 Å². The molecule has 2 aliphatic rings. The van der Waals surface area contributed by atoms with E-state index in [1.165, 1.54) is 4.90 Å². The van der Waals surface area contributed by atoms with Crippen molar-refractivity contribution in [3.8, 4) is 6.07 Å². The lowest BCUT2D eigenvalue weighted by molar-refractivity contribution is -0.138. The topological polar surface area (TPSA) is 127 Å². The van der Waals surface area contributed by atoms with E-state index in [2.05, 4.69) is 20.3 Å². The van der Waals surface area contributed by atoms with E-state index in [-0.39, 0.29) is 43.3 Å². The third-order valence-corrected chi connectivity index (χ3v) is 6.65. The van der Waals surface area contributed by atoms with Gasteiger partial charge in [0.1, 0.15) is 17.5 Å². The number of nitrogens with one attached hydrogen (secondary N) is 2. The number of H-pyrrole nitrogens is 1. The fourth-order valence-corrected chi connectivity index (χ4v) is 4.78. The fourth-order valence-electron chi connectivity index (χ4n) is 4.78. The number of piperidine rings is 1. The molecule has 0 saturated carbocycles. The molecular weight excluding hydrogens is 491 g/mol. The van der Waals surface area contributed by atoms with Crippen LogP contribution in [0, 0.1) is 11.3 Å². The molecule has 13 heteroatoms. The van der Waals surface area contributed by atoms with Gasteiger partial charge in [0.25, 0.3) is 5.56 Å². The summed E-state index contributed by atoms with van der Waals surface area (Å²) in [5.74, 6) is 0.660. The van der Waals surface area contributed by atoms with Crippen LogP contribution in [0.3, 0.4) is 0 Å². The molecule has 2 N–H and O–H groups in total. The third-order valence-electron chi connectivity index (χ3n) is 6.65. The Hall–Kier alpha value is -3.66. The Labute approximate surface area is 211 Å². The molecule has 4 heterocycles. The molecule has 2 fully saturated rings. The molecule has 1 atom stereocenters. The van der Waals surface area contributed by atoms with Crippen molar-refractivity contribution in [1.82, 2.24) is 20.5 Å². The highest BCUT2D eigenvalue weighted by molar-refractivity contribution is 5.76. The number of pyridine rings is 1. The van der Waals surface area contributed by atoms with Gasteiger partial charge in [-0.15, -0.1) is 0 Å². The van der Waals surface area contributed by atoms with Crippen LogP contribution in [0.5, 0.6) is 0 Å². The predicted octanol–water partition coefficient (Wildman–Crippen LogP) is 2.22. The number of aromatic nitrogens is 3. The summed E-state index contributed by atoms with van der Waals surface area (Å²) in [5, 5.41) is 17.3. The first-order valence-electron chi connectivity index (χ1n) is 12.2. The Kier molecular flexibility index (Phi) is 8.27. The molecule has 1 amide bonds. The van der Waals surface area contributed by atoms with Crippen molar-refractivity contribution in [3.05, 3.63) is 46.0 Å². The van der Waals surface area contributed by atoms with Crippen molar-refractivity contribution in [2.45, 2.75) is 50.4 Å². The molecule has 2 aromatic rings. The number of halogens is 3. The van der Waals surface area contributed by atoms with Gasteiger partial charge in [0.2, 0.25) is 5.91 Å². The number of alkyl halides is 3. The van der Waals surface area contributed by atoms with E-state index < -0.39 is 17.3 Å². The van der Waals surface area contributed by atoms with Gasteiger partial charge in [-0.25, -0.2) is 10.1 Å². The highest BCUT2D eigenvalue weighted by Crippen LogP contribution is 2.36. The second-order valence-corrected chi connectivity index (χ2v) is 9.12. The zero-order valence-corrected chi connectivity index (χ0v) is 20.1. The van der Waals surface area contributed by atoms with Crippen molar-refractivity contribution in [1.29, 1.82) is 5.26 Å². The predicted molar refractivity (Wildman–Crippen MR) is 128 cm³/mol. The molecule has 0 unspecified atom stereocenters. The van der Waals surface area contributed by atoms with E-state index in [1.54, 1.807) is 12.3 Å². The number of aromatic amines is 1. The zero-order chi connectivity index (χ0) is 26.4. The van der Waals surface area contributed by atoms with E-state index in [1.807, 2.05) is 17.2 Å². The van der Waals surface area contributed by atoms with E-state index in [0.717, 1.165) is 37.9 Å². The second-order valence-electron chi connectivity index (χ2n) is 9.12. The first-order valence-corrected chi connectivity index (χ1v) is 12.2. The molecule has 0 spiro atoms. The maximum absolute atomic E-state index is 13.4. The fraction of sp³-hybridized carbons (Fsp3) is 0.542. The van der Waals surface area contributed by atoms with Gasteiger partial charge in [0.15, 0.2) is 0 Å². The van der Waals surface area contributed by atoms with Crippen molar-refractivity contribution >= 4 is 17.4 Å². The number of carbonyl (C=O) groups is 1. The third kappa shape index (κ3) is 6.56. The first-order chi connectivity index (χ1) is 17.8. The lowest BCUT2D eigenvalue weighted by Crippen LogP contribution is -2.45. The number of nitrogens with zero attached hydrogens (tertiary/aromatic N) is 5. The molecular formula is C24H28F3N7O3. The van der Waals surface area contributed by atoms with E-state index in [4.69, 9.17) is 10.00 Å². The Bertz CT molecular complexity index is 1170. The van der Waals surface area contributed by atoms with Gasteiger partial charge in [-0.2, -0.15) is 23.5 Å². The van der Waals surface area contributed by atoms with Crippen LogP contribution in [0.25, 0.3) is 0 Å². The zero-order valence-electron chi connectivity index (χ0n) is 20.1. The van der Waals surface area contributed by atoms with Crippen LogP contribution in [-0.2, 0) is 15.7 Å². The maximum Gasteiger partial charge on any atom is 0.423 e. The number of amides is 1. The molecule has 2 aromatic heterocycles. The number of nitriles is 1. The normalized spacial score (nSPS) is 18.6. The standard InChI is InChI=1S/C24H28F3N7O3/c25-24(26,27)22-19(14-30-32-23(22)36)34-8-1-2-18(34)15-37-11-7-21(35)31-17-5-9-33(10-6-17)20-4-3-16(12-28)13-29-20/h3-4,13-14,17-18H,1-2,5-11,15H2,(H,31,35)(H,32,36)/t18-/m0/s1. The Morgan fingerprint density at radius 2 is 2.00 bits per heavy atom. The monoisotopic (exact) mass is 519 g/mol. The number of carbonyl (C=O) groups excluding carboxylic acids is 1. The lowest BCUT2D eigenvalue weighted by atomic mass is 10.0. The lowest BCUT2D eigenvalue weighted by Gasteiger charge is -2.33. The number of rotatable bonds is 8. The van der Waals surface area contributed by atoms with E-state index in [0.29, 0.717) is 24.9 Å². The van der Waals surface area contributed by atoms with Gasteiger partial charge in [0.05, 0.1) is 36.7 Å². The van der Waals surface area contributed by atoms with Crippen molar-refractivity contribution in [2.24, 2.45) is 0 Å². The van der Waals surface area contributed by atoms with Crippen LogP contribution in [0.1, 0.15) is 43.2 Å². The van der Waals surface area contributed by atoms with Gasteiger partial charge in [0, 0.05) is 38.3 Å². The summed E-state index contributed by atoms with van der Waals surface area (Å²) < 4.78 is 46.0. The van der Waals surface area contributed by atoms with Crippen LogP contribution in [0.15, 0.2) is 29.3 Å². The second kappa shape index (κ2) is 11.6. The van der Waals surface area contributed by atoms with Crippen molar-refractivity contribution in [3.63, 3.8) is 0 Å². The van der Waals surface area contributed by atoms with Crippen molar-refractivity contribution in [2.75, 3.05) is 42.6 Å². The largest absolute Gasteiger partial charge is 0.423 e. The molecule has 0 aliphatic carbocycles. The van der Waals surface area contributed by atoms with Gasteiger partial charge >= 0.3 is 6.18 Å². The molecule has 37 heavy (non-hydrogen) atoms. The quantitative estimate of drug-likeness (QED) is 0.509. The highest BCUT2D eigenvalue weighted by atomic mass is 19.4. The number of ether oxygens (including phenoxy) is 1. The summed E-state index contributed by atoms with van der Waals surface area (Å²) in [4.78, 5) is 32.1. The Morgan fingerprint density at radius 3 is 2.68 bits per heavy atom. The Morgan fingerprint density at radius 1 is 1.22 bits per heavy atom. The summed E-state index contributed by atoms with van der Waals surface area (Å²) in [6.07, 6.45) is 0.710. The van der Waals surface area contributed by atoms with E-state index in [9.17, 15) is 22.8 Å². The van der Waals surface area contributed by atoms with Crippen molar-refractivity contribution < 1.29 is 22.7 Å². The van der Waals surface area contributed by atoms with Crippen LogP contribution < -0.4 is 20.7 Å². The molecule has 2 saturated heterocycles. The Balaban J connectivity index is 1.20. The van der Waals surface area contributed by atoms with Crippen LogP contribution in [0.4, 0.5) is 24.7 Å². The summed E-state index contributed by atoms with van der Waals surface area (Å²) in [5.41, 5.74) is -2.27. The molecule has 4 rings (SSSR count). The maximum atomic E-state index is 13.4. The van der Waals surface area contributed by atoms with Gasteiger partial charge < -0.3 is 19.9 Å². The number of anilines is 2. The summed E-state index contributed by atoms with van der Waals surface area (Å²) in [7, 11) is 0. The first kappa shape index (κ1) is 26.4. The molecule has 0 radical (unpaired) electrons. The number of hydrogen-bond donors (Lipinski definition) is 2. The minimum absolute atomic E-state index is 0.0388. The summed E-state index contributed by atoms with van der Waals surface area (Å²) >= 11 is 0. The molecule has 0 bridgehead atoms.